The van der Waals surface area contributed by atoms with E-state index in [2.05, 4.69) is 6.07 Å². The molecule has 1 aliphatic heterocycles. The number of allylic oxidation sites excluding steroid dienone is 1. The van der Waals surface area contributed by atoms with Gasteiger partial charge in [-0.25, -0.2) is 0 Å². The number of rotatable bonds is 2. The van der Waals surface area contributed by atoms with Crippen molar-refractivity contribution in [1.82, 2.24) is 0 Å². The summed E-state index contributed by atoms with van der Waals surface area (Å²) < 4.78 is 0. The van der Waals surface area contributed by atoms with Crippen molar-refractivity contribution in [3.8, 4) is 6.07 Å². The van der Waals surface area contributed by atoms with Gasteiger partial charge in [0.1, 0.15) is 5.78 Å². The van der Waals surface area contributed by atoms with E-state index in [4.69, 9.17) is 11.0 Å². The lowest BCUT2D eigenvalue weighted by Gasteiger charge is -2.17. The first kappa shape index (κ1) is 11.7. The summed E-state index contributed by atoms with van der Waals surface area (Å²) in [6, 6.07) is 11.7. The minimum atomic E-state index is -0.271. The predicted molar refractivity (Wildman–Crippen MR) is 68.1 cm³/mol. The first-order chi connectivity index (χ1) is 8.15. The van der Waals surface area contributed by atoms with Crippen LogP contribution in [0.15, 0.2) is 40.9 Å². The van der Waals surface area contributed by atoms with Gasteiger partial charge in [0.2, 0.25) is 0 Å². The predicted octanol–water partition coefficient (Wildman–Crippen LogP) is 2.17. The van der Waals surface area contributed by atoms with Gasteiger partial charge in [-0.2, -0.15) is 5.26 Å². The number of carbonyl (C=O) groups excluding carboxylic acids is 1. The Hall–Kier alpha value is -1.73. The molecule has 86 valence electrons. The van der Waals surface area contributed by atoms with Crippen molar-refractivity contribution >= 4 is 17.5 Å². The Morgan fingerprint density at radius 1 is 1.41 bits per heavy atom. The Kier molecular flexibility index (Phi) is 3.21. The molecule has 2 rings (SSSR count). The van der Waals surface area contributed by atoms with E-state index >= 15 is 0 Å². The van der Waals surface area contributed by atoms with Crippen LogP contribution in [0.4, 0.5) is 0 Å². The quantitative estimate of drug-likeness (QED) is 0.865. The Balaban J connectivity index is 2.47. The molecule has 0 saturated heterocycles. The van der Waals surface area contributed by atoms with Crippen LogP contribution >= 0.6 is 11.8 Å². The van der Waals surface area contributed by atoms with Crippen LogP contribution in [-0.2, 0) is 4.79 Å². The molecule has 0 spiro atoms. The summed E-state index contributed by atoms with van der Waals surface area (Å²) in [5, 5.41) is 9.36. The van der Waals surface area contributed by atoms with Gasteiger partial charge in [0.25, 0.3) is 0 Å². The third-order valence-corrected chi connectivity index (χ3v) is 4.14. The Morgan fingerprint density at radius 3 is 2.59 bits per heavy atom. The summed E-state index contributed by atoms with van der Waals surface area (Å²) in [7, 11) is 0. The first-order valence-corrected chi connectivity index (χ1v) is 6.15. The van der Waals surface area contributed by atoms with Crippen molar-refractivity contribution in [2.45, 2.75) is 18.1 Å². The molecule has 0 unspecified atom stereocenters. The molecule has 0 saturated carbocycles. The van der Waals surface area contributed by atoms with Crippen LogP contribution in [0, 0.1) is 11.3 Å². The minimum absolute atomic E-state index is 0.0528. The van der Waals surface area contributed by atoms with E-state index in [-0.39, 0.29) is 17.0 Å². The molecular weight excluding hydrogens is 232 g/mol. The maximum atomic E-state index is 11.6. The summed E-state index contributed by atoms with van der Waals surface area (Å²) in [5.74, 6) is -0.152. The minimum Gasteiger partial charge on any atom is -0.393 e. The van der Waals surface area contributed by atoms with Gasteiger partial charge in [-0.1, -0.05) is 42.1 Å². The number of nitrogens with two attached hydrogens (primary N) is 1. The first-order valence-electron chi connectivity index (χ1n) is 5.27. The van der Waals surface area contributed by atoms with Crippen LogP contribution < -0.4 is 5.73 Å². The zero-order valence-electron chi connectivity index (χ0n) is 9.38. The molecule has 0 aromatic heterocycles. The molecule has 0 radical (unpaired) electrons. The van der Waals surface area contributed by atoms with Crippen LogP contribution in [0.5, 0.6) is 0 Å². The summed E-state index contributed by atoms with van der Waals surface area (Å²) in [4.78, 5) is 11.6. The standard InChI is InChI=1S/C13H12N2OS/c1-8(16)12-11(9-5-3-2-4-6-9)10(7-14)13(15)17-12/h2-6,11-12H,15H2,1H3/t11-,12+/m0/s1. The fraction of sp³-hybridized carbons (Fsp3) is 0.231. The maximum absolute atomic E-state index is 11.6. The Bertz CT molecular complexity index is 516. The number of Topliss-reactive ketones (excluding diaryl/α,β-unsaturated/α-hetero) is 1. The van der Waals surface area contributed by atoms with Crippen molar-refractivity contribution in [1.29, 1.82) is 5.26 Å². The number of hydrogen-bond donors (Lipinski definition) is 1. The maximum Gasteiger partial charge on any atom is 0.144 e. The third-order valence-electron chi connectivity index (χ3n) is 2.81. The van der Waals surface area contributed by atoms with Crippen molar-refractivity contribution in [2.24, 2.45) is 5.73 Å². The van der Waals surface area contributed by atoms with Gasteiger partial charge in [-0.15, -0.1) is 0 Å². The highest BCUT2D eigenvalue weighted by molar-refractivity contribution is 8.04. The molecule has 17 heavy (non-hydrogen) atoms. The molecule has 1 aromatic carbocycles. The molecule has 0 aliphatic carbocycles. The molecule has 0 amide bonds. The van der Waals surface area contributed by atoms with Crippen molar-refractivity contribution in [3.05, 3.63) is 46.5 Å². The number of hydrogen-bond acceptors (Lipinski definition) is 4. The van der Waals surface area contributed by atoms with Gasteiger partial charge >= 0.3 is 0 Å². The Labute approximate surface area is 104 Å². The number of carbonyl (C=O) groups is 1. The molecule has 1 aliphatic rings. The average Bonchev–Trinajstić information content (AvgIpc) is 2.67. The summed E-state index contributed by atoms with van der Waals surface area (Å²) in [5.41, 5.74) is 7.30. The SMILES string of the molecule is CC(=O)[C@H]1SC(N)=C(C#N)[C@@H]1c1ccccc1. The van der Waals surface area contributed by atoms with E-state index in [0.29, 0.717) is 10.6 Å². The van der Waals surface area contributed by atoms with Crippen molar-refractivity contribution in [2.75, 3.05) is 0 Å². The van der Waals surface area contributed by atoms with Crippen LogP contribution in [0.25, 0.3) is 0 Å². The van der Waals surface area contributed by atoms with E-state index in [0.717, 1.165) is 5.56 Å². The number of benzene rings is 1. The third kappa shape index (κ3) is 2.06. The van der Waals surface area contributed by atoms with E-state index in [1.165, 1.54) is 11.8 Å². The molecule has 0 fully saturated rings. The molecule has 4 heteroatoms. The van der Waals surface area contributed by atoms with E-state index in [1.54, 1.807) is 6.92 Å². The molecule has 0 bridgehead atoms. The van der Waals surface area contributed by atoms with Crippen LogP contribution in [-0.4, -0.2) is 11.0 Å². The van der Waals surface area contributed by atoms with Crippen molar-refractivity contribution < 1.29 is 4.79 Å². The second-order valence-corrected chi connectivity index (χ2v) is 5.11. The van der Waals surface area contributed by atoms with Crippen LogP contribution in [0.3, 0.4) is 0 Å². The summed E-state index contributed by atoms with van der Waals surface area (Å²) >= 11 is 1.29. The van der Waals surface area contributed by atoms with Crippen molar-refractivity contribution in [3.63, 3.8) is 0 Å². The lowest BCUT2D eigenvalue weighted by atomic mass is 9.88. The van der Waals surface area contributed by atoms with Crippen LogP contribution in [0.1, 0.15) is 18.4 Å². The highest BCUT2D eigenvalue weighted by Gasteiger charge is 2.38. The zero-order chi connectivity index (χ0) is 12.4. The summed E-state index contributed by atoms with van der Waals surface area (Å²) in [6.45, 7) is 1.54. The van der Waals surface area contributed by atoms with Gasteiger partial charge in [0, 0.05) is 5.92 Å². The molecule has 2 N–H and O–H groups in total. The Morgan fingerprint density at radius 2 is 2.06 bits per heavy atom. The second-order valence-electron chi connectivity index (χ2n) is 3.93. The molecule has 3 nitrogen and oxygen atoms in total. The lowest BCUT2D eigenvalue weighted by Crippen LogP contribution is -2.20. The summed E-state index contributed by atoms with van der Waals surface area (Å²) in [6.07, 6.45) is 0. The van der Waals surface area contributed by atoms with Gasteiger partial charge in [0.05, 0.1) is 21.9 Å². The molecule has 1 aromatic rings. The monoisotopic (exact) mass is 244 g/mol. The fourth-order valence-electron chi connectivity index (χ4n) is 2.02. The number of nitrogens with zero attached hydrogens (tertiary/aromatic N) is 1. The average molecular weight is 244 g/mol. The lowest BCUT2D eigenvalue weighted by molar-refractivity contribution is -0.116. The fourth-order valence-corrected chi connectivity index (χ4v) is 3.19. The number of nitriles is 1. The smallest absolute Gasteiger partial charge is 0.144 e. The molecule has 2 atom stereocenters. The largest absolute Gasteiger partial charge is 0.393 e. The second kappa shape index (κ2) is 4.64. The van der Waals surface area contributed by atoms with E-state index < -0.39 is 0 Å². The van der Waals surface area contributed by atoms with Gasteiger partial charge in [-0.05, 0) is 12.5 Å². The van der Waals surface area contributed by atoms with Gasteiger partial charge < -0.3 is 5.73 Å². The number of ketones is 1. The highest BCUT2D eigenvalue weighted by Crippen LogP contribution is 2.45. The molecule has 1 heterocycles. The number of thioether (sulfide) groups is 1. The van der Waals surface area contributed by atoms with E-state index in [9.17, 15) is 4.79 Å². The topological polar surface area (TPSA) is 66.9 Å². The highest BCUT2D eigenvalue weighted by atomic mass is 32.2. The van der Waals surface area contributed by atoms with Gasteiger partial charge in [0.15, 0.2) is 0 Å². The van der Waals surface area contributed by atoms with Crippen LogP contribution in [0.2, 0.25) is 0 Å². The molecular formula is C13H12N2OS. The van der Waals surface area contributed by atoms with E-state index in [1.807, 2.05) is 30.3 Å². The normalized spacial score (nSPS) is 23.5. The van der Waals surface area contributed by atoms with Gasteiger partial charge in [-0.3, -0.25) is 4.79 Å². The zero-order valence-corrected chi connectivity index (χ0v) is 10.2.